The van der Waals surface area contributed by atoms with Gasteiger partial charge in [-0.15, -0.1) is 0 Å². The number of hydrogen-bond acceptors (Lipinski definition) is 7. The number of ether oxygens (including phenoxy) is 3. The molecule has 1 N–H and O–H groups in total. The van der Waals surface area contributed by atoms with Crippen molar-refractivity contribution in [2.24, 2.45) is 0 Å². The van der Waals surface area contributed by atoms with E-state index in [0.717, 1.165) is 17.5 Å². The molecular formula is C26H31NO7. The molecule has 0 aromatic heterocycles. The minimum atomic E-state index is -0.691. The summed E-state index contributed by atoms with van der Waals surface area (Å²) in [5.41, 5.74) is 1.79. The second-order valence-electron chi connectivity index (χ2n) is 7.63. The molecule has 0 fully saturated rings. The molecule has 0 radical (unpaired) electrons. The number of carbonyl (C=O) groups excluding carboxylic acids is 4. The maximum atomic E-state index is 11.8. The van der Waals surface area contributed by atoms with E-state index in [2.05, 4.69) is 5.32 Å². The smallest absolute Gasteiger partial charge is 0.407 e. The van der Waals surface area contributed by atoms with Crippen molar-refractivity contribution in [2.45, 2.75) is 51.7 Å². The van der Waals surface area contributed by atoms with Gasteiger partial charge in [0.2, 0.25) is 0 Å². The number of rotatable bonds is 15. The fourth-order valence-corrected chi connectivity index (χ4v) is 2.89. The molecule has 0 saturated heterocycles. The largest absolute Gasteiger partial charge is 0.466 e. The van der Waals surface area contributed by atoms with E-state index >= 15 is 0 Å². The van der Waals surface area contributed by atoms with E-state index in [9.17, 15) is 19.2 Å². The van der Waals surface area contributed by atoms with Crippen LogP contribution in [-0.4, -0.2) is 37.0 Å². The van der Waals surface area contributed by atoms with E-state index in [0.29, 0.717) is 19.3 Å². The van der Waals surface area contributed by atoms with Crippen LogP contribution in [0.4, 0.5) is 4.79 Å². The first kappa shape index (κ1) is 26.6. The summed E-state index contributed by atoms with van der Waals surface area (Å²) in [6.07, 6.45) is 1.55. The monoisotopic (exact) mass is 469 g/mol. The fourth-order valence-electron chi connectivity index (χ4n) is 2.89. The van der Waals surface area contributed by atoms with Crippen LogP contribution >= 0.6 is 0 Å². The van der Waals surface area contributed by atoms with Crippen molar-refractivity contribution in [1.82, 2.24) is 5.32 Å². The van der Waals surface area contributed by atoms with Gasteiger partial charge in [0.15, 0.2) is 5.78 Å². The molecule has 0 spiro atoms. The number of hydrogen-bond donors (Lipinski definition) is 1. The predicted octanol–water partition coefficient (Wildman–Crippen LogP) is 4.11. The Morgan fingerprint density at radius 3 is 1.85 bits per heavy atom. The van der Waals surface area contributed by atoms with Crippen LogP contribution in [0.2, 0.25) is 0 Å². The summed E-state index contributed by atoms with van der Waals surface area (Å²) < 4.78 is 15.3. The fraction of sp³-hybridized carbons (Fsp3) is 0.385. The number of benzene rings is 2. The van der Waals surface area contributed by atoms with Gasteiger partial charge in [0, 0.05) is 12.8 Å². The highest BCUT2D eigenvalue weighted by molar-refractivity contribution is 5.86. The zero-order valence-corrected chi connectivity index (χ0v) is 19.2. The first-order chi connectivity index (χ1) is 16.5. The van der Waals surface area contributed by atoms with Crippen molar-refractivity contribution in [2.75, 3.05) is 13.2 Å². The third-order valence-electron chi connectivity index (χ3n) is 4.78. The minimum Gasteiger partial charge on any atom is -0.466 e. The highest BCUT2D eigenvalue weighted by atomic mass is 16.5. The number of ketones is 1. The quantitative estimate of drug-likeness (QED) is 0.238. The molecular weight excluding hydrogens is 438 g/mol. The third-order valence-corrected chi connectivity index (χ3v) is 4.78. The van der Waals surface area contributed by atoms with Crippen LogP contribution in [0.3, 0.4) is 0 Å². The van der Waals surface area contributed by atoms with Crippen LogP contribution in [-0.2, 0) is 41.8 Å². The van der Waals surface area contributed by atoms with E-state index < -0.39 is 12.1 Å². The molecule has 2 rings (SSSR count). The Bertz CT molecular complexity index is 900. The Morgan fingerprint density at radius 2 is 1.21 bits per heavy atom. The molecule has 8 nitrogen and oxygen atoms in total. The molecule has 0 aliphatic carbocycles. The van der Waals surface area contributed by atoms with E-state index in [1.54, 1.807) is 0 Å². The molecule has 1 amide bonds. The van der Waals surface area contributed by atoms with Gasteiger partial charge in [0.05, 0.1) is 19.6 Å². The molecule has 0 bridgehead atoms. The molecule has 0 unspecified atom stereocenters. The maximum Gasteiger partial charge on any atom is 0.407 e. The maximum absolute atomic E-state index is 11.8. The van der Waals surface area contributed by atoms with E-state index in [-0.39, 0.29) is 51.0 Å². The zero-order valence-electron chi connectivity index (χ0n) is 19.2. The SMILES string of the molecule is O=C(CCC(=O)OCCCCCC(=O)OCc1ccccc1)CNC(=O)OCc1ccccc1. The Labute approximate surface area is 199 Å². The lowest BCUT2D eigenvalue weighted by molar-refractivity contribution is -0.146. The molecule has 0 heterocycles. The minimum absolute atomic E-state index is 0.0228. The lowest BCUT2D eigenvalue weighted by Crippen LogP contribution is -2.30. The van der Waals surface area contributed by atoms with Gasteiger partial charge in [-0.3, -0.25) is 14.4 Å². The Hall–Kier alpha value is -3.68. The number of esters is 2. The molecule has 0 saturated carbocycles. The predicted molar refractivity (Wildman–Crippen MR) is 125 cm³/mol. The molecule has 2 aromatic carbocycles. The topological polar surface area (TPSA) is 108 Å². The highest BCUT2D eigenvalue weighted by Crippen LogP contribution is 2.06. The van der Waals surface area contributed by atoms with Crippen LogP contribution in [0.25, 0.3) is 0 Å². The Kier molecular flexibility index (Phi) is 12.5. The number of amides is 1. The number of carbonyl (C=O) groups is 4. The summed E-state index contributed by atoms with van der Waals surface area (Å²) in [6, 6.07) is 18.7. The van der Waals surface area contributed by atoms with Crippen molar-refractivity contribution in [3.63, 3.8) is 0 Å². The summed E-state index contributed by atoms with van der Waals surface area (Å²) in [5, 5.41) is 2.37. The second kappa shape index (κ2) is 16.0. The summed E-state index contributed by atoms with van der Waals surface area (Å²) >= 11 is 0. The van der Waals surface area contributed by atoms with Gasteiger partial charge in [-0.05, 0) is 30.4 Å². The molecule has 0 aliphatic heterocycles. The summed E-state index contributed by atoms with van der Waals surface area (Å²) in [7, 11) is 0. The second-order valence-corrected chi connectivity index (χ2v) is 7.63. The van der Waals surface area contributed by atoms with Crippen LogP contribution in [0.1, 0.15) is 49.7 Å². The van der Waals surface area contributed by atoms with Gasteiger partial charge in [-0.2, -0.15) is 0 Å². The van der Waals surface area contributed by atoms with Crippen molar-refractivity contribution in [3.8, 4) is 0 Å². The molecule has 34 heavy (non-hydrogen) atoms. The average molecular weight is 470 g/mol. The van der Waals surface area contributed by atoms with Crippen LogP contribution in [0, 0.1) is 0 Å². The number of unbranched alkanes of at least 4 members (excludes halogenated alkanes) is 2. The van der Waals surface area contributed by atoms with Gasteiger partial charge in [0.1, 0.15) is 13.2 Å². The average Bonchev–Trinajstić information content (AvgIpc) is 2.87. The standard InChI is InChI=1S/C26H31NO7/c28-23(18-27-26(31)34-20-22-12-6-2-7-13-22)15-16-25(30)32-17-9-3-8-14-24(29)33-19-21-10-4-1-5-11-21/h1-2,4-7,10-13H,3,8-9,14-20H2,(H,27,31). The van der Waals surface area contributed by atoms with E-state index in [1.165, 1.54) is 0 Å². The van der Waals surface area contributed by atoms with Crippen molar-refractivity contribution in [3.05, 3.63) is 71.8 Å². The molecule has 0 aliphatic rings. The first-order valence-electron chi connectivity index (χ1n) is 11.3. The highest BCUT2D eigenvalue weighted by Gasteiger charge is 2.11. The van der Waals surface area contributed by atoms with Crippen LogP contribution < -0.4 is 5.32 Å². The van der Waals surface area contributed by atoms with Crippen LogP contribution in [0.15, 0.2) is 60.7 Å². The van der Waals surface area contributed by atoms with E-state index in [1.807, 2.05) is 60.7 Å². The third kappa shape index (κ3) is 12.4. The Morgan fingerprint density at radius 1 is 0.618 bits per heavy atom. The molecule has 0 atom stereocenters. The van der Waals surface area contributed by atoms with Gasteiger partial charge in [-0.25, -0.2) is 4.79 Å². The van der Waals surface area contributed by atoms with E-state index in [4.69, 9.17) is 14.2 Å². The van der Waals surface area contributed by atoms with Crippen LogP contribution in [0.5, 0.6) is 0 Å². The van der Waals surface area contributed by atoms with Gasteiger partial charge < -0.3 is 19.5 Å². The molecule has 182 valence electrons. The summed E-state index contributed by atoms with van der Waals surface area (Å²) in [6.45, 7) is 0.403. The normalized spacial score (nSPS) is 10.2. The van der Waals surface area contributed by atoms with Gasteiger partial charge in [0.25, 0.3) is 0 Å². The first-order valence-corrected chi connectivity index (χ1v) is 11.3. The van der Waals surface area contributed by atoms with Crippen molar-refractivity contribution >= 4 is 23.8 Å². The number of Topliss-reactive ketones (excluding diaryl/α,β-unsaturated/α-hetero) is 1. The molecule has 8 heteroatoms. The van der Waals surface area contributed by atoms with Crippen molar-refractivity contribution < 1.29 is 33.4 Å². The lowest BCUT2D eigenvalue weighted by Gasteiger charge is -2.07. The summed E-state index contributed by atoms with van der Waals surface area (Å²) in [4.78, 5) is 46.9. The molecule has 2 aromatic rings. The van der Waals surface area contributed by atoms with Crippen molar-refractivity contribution in [1.29, 1.82) is 0 Å². The number of nitrogens with one attached hydrogen (secondary N) is 1. The lowest BCUT2D eigenvalue weighted by atomic mass is 10.2. The zero-order chi connectivity index (χ0) is 24.4. The van der Waals surface area contributed by atoms with Gasteiger partial charge in [-0.1, -0.05) is 60.7 Å². The Balaban J connectivity index is 1.42. The van der Waals surface area contributed by atoms with Gasteiger partial charge >= 0.3 is 18.0 Å². The summed E-state index contributed by atoms with van der Waals surface area (Å²) in [5.74, 6) is -1.01. The number of alkyl carbamates (subject to hydrolysis) is 1.